The first kappa shape index (κ1) is 16.4. The van der Waals surface area contributed by atoms with Gasteiger partial charge in [0.15, 0.2) is 0 Å². The van der Waals surface area contributed by atoms with Crippen LogP contribution in [0.5, 0.6) is 17.4 Å². The monoisotopic (exact) mass is 335 g/mol. The van der Waals surface area contributed by atoms with Gasteiger partial charge in [-0.05, 0) is 55.5 Å². The van der Waals surface area contributed by atoms with Gasteiger partial charge in [-0.15, -0.1) is 5.10 Å². The Labute approximate surface area is 145 Å². The second-order valence-electron chi connectivity index (χ2n) is 5.33. The Hall–Kier alpha value is -3.41. The van der Waals surface area contributed by atoms with Crippen LogP contribution in [0.1, 0.15) is 16.1 Å². The number of aryl methyl sites for hydroxylation is 1. The number of methoxy groups -OCH3 is 1. The summed E-state index contributed by atoms with van der Waals surface area (Å²) in [6.07, 6.45) is 0. The summed E-state index contributed by atoms with van der Waals surface area (Å²) in [5.41, 5.74) is 2.01. The van der Waals surface area contributed by atoms with Crippen molar-refractivity contribution in [2.24, 2.45) is 0 Å². The smallest absolute Gasteiger partial charge is 0.255 e. The normalized spacial score (nSPS) is 10.2. The van der Waals surface area contributed by atoms with Crippen LogP contribution in [0.4, 0.5) is 5.69 Å². The van der Waals surface area contributed by atoms with E-state index in [1.165, 1.54) is 0 Å². The molecule has 6 nitrogen and oxygen atoms in total. The lowest BCUT2D eigenvalue weighted by Crippen LogP contribution is -2.11. The lowest BCUT2D eigenvalue weighted by molar-refractivity contribution is 0.102. The minimum atomic E-state index is -0.211. The number of hydrogen-bond acceptors (Lipinski definition) is 5. The summed E-state index contributed by atoms with van der Waals surface area (Å²) in [7, 11) is 1.56. The van der Waals surface area contributed by atoms with Crippen LogP contribution in [0.3, 0.4) is 0 Å². The number of anilines is 1. The topological polar surface area (TPSA) is 73.3 Å². The van der Waals surface area contributed by atoms with E-state index in [0.29, 0.717) is 28.6 Å². The first-order valence-electron chi connectivity index (χ1n) is 7.68. The van der Waals surface area contributed by atoms with Gasteiger partial charge < -0.3 is 14.8 Å². The molecule has 3 aromatic rings. The summed E-state index contributed by atoms with van der Waals surface area (Å²) in [6.45, 7) is 1.86. The number of benzene rings is 2. The summed E-state index contributed by atoms with van der Waals surface area (Å²) in [5, 5.41) is 10.7. The van der Waals surface area contributed by atoms with Gasteiger partial charge in [-0.3, -0.25) is 4.79 Å². The first-order valence-corrected chi connectivity index (χ1v) is 7.68. The van der Waals surface area contributed by atoms with Gasteiger partial charge in [0.2, 0.25) is 5.88 Å². The molecule has 1 heterocycles. The van der Waals surface area contributed by atoms with Gasteiger partial charge >= 0.3 is 0 Å². The second kappa shape index (κ2) is 7.44. The van der Waals surface area contributed by atoms with Crippen LogP contribution in [-0.2, 0) is 0 Å². The molecule has 3 rings (SSSR count). The van der Waals surface area contributed by atoms with Crippen LogP contribution in [0.25, 0.3) is 0 Å². The highest BCUT2D eigenvalue weighted by Gasteiger charge is 2.07. The summed E-state index contributed by atoms with van der Waals surface area (Å²) >= 11 is 0. The number of amides is 1. The molecular formula is C19H17N3O3. The molecule has 0 radical (unpaired) electrons. The average Bonchev–Trinajstić information content (AvgIpc) is 2.65. The summed E-state index contributed by atoms with van der Waals surface area (Å²) < 4.78 is 10.7. The number of aromatic nitrogens is 2. The maximum atomic E-state index is 12.3. The minimum absolute atomic E-state index is 0.211. The standard InChI is InChI=1S/C19H17N3O3/c1-13-6-11-18(22-21-13)25-16-9-7-15(8-10-16)20-19(23)14-4-3-5-17(12-14)24-2/h3-12H,1-2H3,(H,20,23). The quantitative estimate of drug-likeness (QED) is 0.767. The molecule has 126 valence electrons. The van der Waals surface area contributed by atoms with Crippen molar-refractivity contribution in [3.63, 3.8) is 0 Å². The highest BCUT2D eigenvalue weighted by Crippen LogP contribution is 2.22. The molecule has 0 aliphatic rings. The van der Waals surface area contributed by atoms with E-state index in [1.807, 2.05) is 13.0 Å². The zero-order valence-corrected chi connectivity index (χ0v) is 13.9. The van der Waals surface area contributed by atoms with Crippen molar-refractivity contribution < 1.29 is 14.3 Å². The van der Waals surface area contributed by atoms with Gasteiger partial charge in [0.1, 0.15) is 11.5 Å². The first-order chi connectivity index (χ1) is 12.1. The van der Waals surface area contributed by atoms with Crippen molar-refractivity contribution in [2.45, 2.75) is 6.92 Å². The van der Waals surface area contributed by atoms with Crippen LogP contribution in [-0.4, -0.2) is 23.2 Å². The van der Waals surface area contributed by atoms with E-state index in [-0.39, 0.29) is 5.91 Å². The SMILES string of the molecule is COc1cccc(C(=O)Nc2ccc(Oc3ccc(C)nn3)cc2)c1. The molecule has 0 bridgehead atoms. The zero-order valence-electron chi connectivity index (χ0n) is 13.9. The Bertz CT molecular complexity index is 862. The molecule has 0 atom stereocenters. The van der Waals surface area contributed by atoms with E-state index < -0.39 is 0 Å². The Kier molecular flexibility index (Phi) is 4.89. The molecule has 0 unspecified atom stereocenters. The van der Waals surface area contributed by atoms with Crippen LogP contribution < -0.4 is 14.8 Å². The second-order valence-corrected chi connectivity index (χ2v) is 5.33. The molecule has 0 spiro atoms. The van der Waals surface area contributed by atoms with Crippen LogP contribution in [0, 0.1) is 6.92 Å². The van der Waals surface area contributed by atoms with Crippen LogP contribution in [0.2, 0.25) is 0 Å². The molecule has 25 heavy (non-hydrogen) atoms. The van der Waals surface area contributed by atoms with Crippen molar-refractivity contribution in [1.29, 1.82) is 0 Å². The highest BCUT2D eigenvalue weighted by molar-refractivity contribution is 6.04. The molecule has 1 amide bonds. The fourth-order valence-electron chi connectivity index (χ4n) is 2.14. The Balaban J connectivity index is 1.65. The van der Waals surface area contributed by atoms with Gasteiger partial charge in [-0.25, -0.2) is 0 Å². The average molecular weight is 335 g/mol. The van der Waals surface area contributed by atoms with E-state index in [9.17, 15) is 4.79 Å². The number of ether oxygens (including phenoxy) is 2. The lowest BCUT2D eigenvalue weighted by Gasteiger charge is -2.08. The van der Waals surface area contributed by atoms with Crippen molar-refractivity contribution >= 4 is 11.6 Å². The van der Waals surface area contributed by atoms with Gasteiger partial charge in [-0.2, -0.15) is 5.10 Å². The number of nitrogens with one attached hydrogen (secondary N) is 1. The number of hydrogen-bond donors (Lipinski definition) is 1. The van der Waals surface area contributed by atoms with E-state index in [2.05, 4.69) is 15.5 Å². The van der Waals surface area contributed by atoms with Gasteiger partial charge in [0.05, 0.1) is 12.8 Å². The third-order valence-corrected chi connectivity index (χ3v) is 3.44. The molecule has 0 saturated heterocycles. The van der Waals surface area contributed by atoms with Crippen molar-refractivity contribution in [3.8, 4) is 17.4 Å². The Morgan fingerprint density at radius 1 is 0.960 bits per heavy atom. The van der Waals surface area contributed by atoms with Crippen molar-refractivity contribution in [1.82, 2.24) is 10.2 Å². The number of carbonyl (C=O) groups excluding carboxylic acids is 1. The largest absolute Gasteiger partial charge is 0.497 e. The molecule has 6 heteroatoms. The molecule has 2 aromatic carbocycles. The Morgan fingerprint density at radius 2 is 1.76 bits per heavy atom. The van der Waals surface area contributed by atoms with E-state index >= 15 is 0 Å². The van der Waals surface area contributed by atoms with Crippen LogP contribution in [0.15, 0.2) is 60.7 Å². The molecule has 0 fully saturated rings. The van der Waals surface area contributed by atoms with Gasteiger partial charge in [0.25, 0.3) is 5.91 Å². The lowest BCUT2D eigenvalue weighted by atomic mass is 10.2. The molecular weight excluding hydrogens is 318 g/mol. The molecule has 0 saturated carbocycles. The van der Waals surface area contributed by atoms with Crippen molar-refractivity contribution in [2.75, 3.05) is 12.4 Å². The predicted octanol–water partition coefficient (Wildman–Crippen LogP) is 3.84. The van der Waals surface area contributed by atoms with E-state index in [4.69, 9.17) is 9.47 Å². The highest BCUT2D eigenvalue weighted by atomic mass is 16.5. The molecule has 0 aliphatic carbocycles. The van der Waals surface area contributed by atoms with Crippen LogP contribution >= 0.6 is 0 Å². The maximum Gasteiger partial charge on any atom is 0.255 e. The number of carbonyl (C=O) groups is 1. The van der Waals surface area contributed by atoms with E-state index in [1.54, 1.807) is 61.7 Å². The molecule has 0 aliphatic heterocycles. The fourth-order valence-corrected chi connectivity index (χ4v) is 2.14. The third kappa shape index (κ3) is 4.32. The summed E-state index contributed by atoms with van der Waals surface area (Å²) in [5.74, 6) is 1.45. The number of nitrogens with zero attached hydrogens (tertiary/aromatic N) is 2. The Morgan fingerprint density at radius 3 is 2.44 bits per heavy atom. The third-order valence-electron chi connectivity index (χ3n) is 3.44. The van der Waals surface area contributed by atoms with E-state index in [0.717, 1.165) is 5.69 Å². The fraction of sp³-hybridized carbons (Fsp3) is 0.105. The minimum Gasteiger partial charge on any atom is -0.497 e. The molecule has 1 aromatic heterocycles. The summed E-state index contributed by atoms with van der Waals surface area (Å²) in [6, 6.07) is 17.6. The number of rotatable bonds is 5. The molecule has 1 N–H and O–H groups in total. The van der Waals surface area contributed by atoms with Gasteiger partial charge in [-0.1, -0.05) is 6.07 Å². The zero-order chi connectivity index (χ0) is 17.6. The predicted molar refractivity (Wildman–Crippen MR) is 94.2 cm³/mol. The van der Waals surface area contributed by atoms with Gasteiger partial charge in [0, 0.05) is 17.3 Å². The summed E-state index contributed by atoms with van der Waals surface area (Å²) in [4.78, 5) is 12.3. The maximum absolute atomic E-state index is 12.3. The van der Waals surface area contributed by atoms with Crippen molar-refractivity contribution in [3.05, 3.63) is 71.9 Å².